The molecule has 1 aromatic heterocycles. The van der Waals surface area contributed by atoms with Gasteiger partial charge in [-0.1, -0.05) is 0 Å². The molecule has 0 spiro atoms. The predicted octanol–water partition coefficient (Wildman–Crippen LogP) is 3.68. The van der Waals surface area contributed by atoms with Crippen LogP contribution in [0.2, 0.25) is 0 Å². The van der Waals surface area contributed by atoms with Gasteiger partial charge in [-0.3, -0.25) is 9.89 Å². The lowest BCUT2D eigenvalue weighted by molar-refractivity contribution is 0.176. The molecule has 2 saturated heterocycles. The molecule has 2 fully saturated rings. The molecular formula is C19H34IN5S2. The van der Waals surface area contributed by atoms with Crippen molar-refractivity contribution in [3.63, 3.8) is 0 Å². The molecule has 0 radical (unpaired) electrons. The quantitative estimate of drug-likeness (QED) is 0.371. The maximum atomic E-state index is 4.60. The zero-order chi connectivity index (χ0) is 18.6. The van der Waals surface area contributed by atoms with E-state index in [0.717, 1.165) is 38.1 Å². The van der Waals surface area contributed by atoms with Crippen LogP contribution >= 0.6 is 47.1 Å². The summed E-state index contributed by atoms with van der Waals surface area (Å²) in [4.78, 5) is 14.1. The van der Waals surface area contributed by atoms with E-state index in [2.05, 4.69) is 63.0 Å². The van der Waals surface area contributed by atoms with Gasteiger partial charge in [0.1, 0.15) is 0 Å². The zero-order valence-electron chi connectivity index (χ0n) is 17.0. The van der Waals surface area contributed by atoms with Crippen molar-refractivity contribution in [3.05, 3.63) is 16.1 Å². The van der Waals surface area contributed by atoms with E-state index < -0.39 is 0 Å². The van der Waals surface area contributed by atoms with Gasteiger partial charge in [0, 0.05) is 49.1 Å². The summed E-state index contributed by atoms with van der Waals surface area (Å²) in [6.07, 6.45) is 2.52. The second-order valence-corrected chi connectivity index (χ2v) is 10.9. The summed E-state index contributed by atoms with van der Waals surface area (Å²) in [6.45, 7) is 13.3. The van der Waals surface area contributed by atoms with Gasteiger partial charge in [0.25, 0.3) is 0 Å². The Balaban J connectivity index is 0.00000261. The number of thioether (sulfide) groups is 1. The van der Waals surface area contributed by atoms with Crippen LogP contribution in [-0.2, 0) is 6.54 Å². The first kappa shape index (κ1) is 23.2. The predicted molar refractivity (Wildman–Crippen MR) is 130 cm³/mol. The fourth-order valence-corrected chi connectivity index (χ4v) is 5.54. The first-order chi connectivity index (χ1) is 12.4. The number of nitrogens with one attached hydrogen (secondary N) is 1. The van der Waals surface area contributed by atoms with Crippen molar-refractivity contribution in [3.8, 4) is 0 Å². The molecule has 0 unspecified atom stereocenters. The van der Waals surface area contributed by atoms with Gasteiger partial charge in [-0.2, -0.15) is 11.8 Å². The summed E-state index contributed by atoms with van der Waals surface area (Å²) in [5.41, 5.74) is 1.23. The van der Waals surface area contributed by atoms with Crippen LogP contribution in [0.25, 0.3) is 0 Å². The number of likely N-dealkylation sites (tertiary alicyclic amines) is 1. The molecule has 154 valence electrons. The molecule has 27 heavy (non-hydrogen) atoms. The van der Waals surface area contributed by atoms with Crippen LogP contribution in [0.3, 0.4) is 0 Å². The van der Waals surface area contributed by atoms with Gasteiger partial charge in [0.05, 0.1) is 10.7 Å². The van der Waals surface area contributed by atoms with Crippen molar-refractivity contribution in [1.29, 1.82) is 0 Å². The number of aryl methyl sites for hydroxylation is 1. The van der Waals surface area contributed by atoms with E-state index in [4.69, 9.17) is 0 Å². The lowest BCUT2D eigenvalue weighted by atomic mass is 9.97. The Morgan fingerprint density at radius 2 is 2.07 bits per heavy atom. The van der Waals surface area contributed by atoms with Crippen LogP contribution in [-0.4, -0.2) is 71.0 Å². The number of rotatable bonds is 4. The van der Waals surface area contributed by atoms with Gasteiger partial charge in [-0.25, -0.2) is 4.98 Å². The molecule has 1 aromatic rings. The molecule has 0 bridgehead atoms. The first-order valence-electron chi connectivity index (χ1n) is 9.68. The fraction of sp³-hybridized carbons (Fsp3) is 0.789. The van der Waals surface area contributed by atoms with Crippen LogP contribution in [0.5, 0.6) is 0 Å². The fourth-order valence-electron chi connectivity index (χ4n) is 3.82. The molecule has 5 nitrogen and oxygen atoms in total. The summed E-state index contributed by atoms with van der Waals surface area (Å²) >= 11 is 3.82. The van der Waals surface area contributed by atoms with E-state index in [-0.39, 0.29) is 24.0 Å². The van der Waals surface area contributed by atoms with E-state index in [1.54, 1.807) is 11.3 Å². The number of hydrogen-bond donors (Lipinski definition) is 1. The summed E-state index contributed by atoms with van der Waals surface area (Å²) < 4.78 is 0.315. The number of aliphatic imine (C=N–C) groups is 1. The minimum Gasteiger partial charge on any atom is -0.356 e. The smallest absolute Gasteiger partial charge is 0.193 e. The highest BCUT2D eigenvalue weighted by atomic mass is 127. The van der Waals surface area contributed by atoms with Crippen LogP contribution in [0.4, 0.5) is 0 Å². The summed E-state index contributed by atoms with van der Waals surface area (Å²) in [5.74, 6) is 3.01. The third-order valence-corrected chi connectivity index (χ3v) is 7.36. The molecule has 0 amide bonds. The van der Waals surface area contributed by atoms with Crippen LogP contribution in [0.1, 0.15) is 37.4 Å². The van der Waals surface area contributed by atoms with Crippen LogP contribution in [0, 0.1) is 12.8 Å². The Bertz CT molecular complexity index is 611. The summed E-state index contributed by atoms with van der Waals surface area (Å²) in [7, 11) is 1.91. The molecule has 3 rings (SSSR count). The average Bonchev–Trinajstić information content (AvgIpc) is 3.01. The SMILES string of the molecule is CN=C(NCC1CCN(Cc2csc(C)n2)CC1)N1CCSC(C)(C)C1.I. The highest BCUT2D eigenvalue weighted by Gasteiger charge is 2.29. The Labute approximate surface area is 189 Å². The highest BCUT2D eigenvalue weighted by molar-refractivity contribution is 14.0. The van der Waals surface area contributed by atoms with E-state index in [0.29, 0.717) is 4.75 Å². The maximum Gasteiger partial charge on any atom is 0.193 e. The second kappa shape index (κ2) is 10.6. The monoisotopic (exact) mass is 523 g/mol. The number of aromatic nitrogens is 1. The number of piperidine rings is 1. The third kappa shape index (κ3) is 7.04. The Hall–Kier alpha value is -0.0600. The van der Waals surface area contributed by atoms with Crippen molar-refractivity contribution >= 4 is 53.0 Å². The third-order valence-electron chi connectivity index (χ3n) is 5.25. The van der Waals surface area contributed by atoms with Gasteiger partial charge < -0.3 is 10.2 Å². The van der Waals surface area contributed by atoms with E-state index >= 15 is 0 Å². The Morgan fingerprint density at radius 3 is 2.67 bits per heavy atom. The van der Waals surface area contributed by atoms with Gasteiger partial charge >= 0.3 is 0 Å². The minimum atomic E-state index is 0. The molecule has 3 heterocycles. The number of thiazole rings is 1. The van der Waals surface area contributed by atoms with E-state index in [9.17, 15) is 0 Å². The van der Waals surface area contributed by atoms with Crippen molar-refractivity contribution in [2.45, 2.75) is 44.9 Å². The Morgan fingerprint density at radius 1 is 1.33 bits per heavy atom. The maximum absolute atomic E-state index is 4.60. The van der Waals surface area contributed by atoms with E-state index in [1.807, 2.05) is 7.05 Å². The molecular weight excluding hydrogens is 489 g/mol. The number of halogens is 1. The second-order valence-electron chi connectivity index (χ2n) is 8.04. The van der Waals surface area contributed by atoms with Gasteiger partial charge in [-0.05, 0) is 52.6 Å². The topological polar surface area (TPSA) is 43.8 Å². The van der Waals surface area contributed by atoms with Crippen molar-refractivity contribution < 1.29 is 0 Å². The normalized spacial score (nSPS) is 21.8. The van der Waals surface area contributed by atoms with Crippen molar-refractivity contribution in [2.24, 2.45) is 10.9 Å². The molecule has 2 aliphatic heterocycles. The van der Waals surface area contributed by atoms with E-state index in [1.165, 1.54) is 42.4 Å². The number of nitrogens with zero attached hydrogens (tertiary/aromatic N) is 4. The van der Waals surface area contributed by atoms with Crippen LogP contribution in [0.15, 0.2) is 10.4 Å². The largest absolute Gasteiger partial charge is 0.356 e. The van der Waals surface area contributed by atoms with Gasteiger partial charge in [-0.15, -0.1) is 35.3 Å². The molecule has 0 saturated carbocycles. The van der Waals surface area contributed by atoms with Crippen molar-refractivity contribution in [2.75, 3.05) is 45.5 Å². The molecule has 1 N–H and O–H groups in total. The molecule has 8 heteroatoms. The van der Waals surface area contributed by atoms with Gasteiger partial charge in [0.15, 0.2) is 5.96 Å². The highest BCUT2D eigenvalue weighted by Crippen LogP contribution is 2.29. The molecule has 0 aliphatic carbocycles. The lowest BCUT2D eigenvalue weighted by Crippen LogP contribution is -2.52. The zero-order valence-corrected chi connectivity index (χ0v) is 21.0. The lowest BCUT2D eigenvalue weighted by Gasteiger charge is -2.39. The summed E-state index contributed by atoms with van der Waals surface area (Å²) in [5, 5.41) is 7.02. The van der Waals surface area contributed by atoms with Crippen LogP contribution < -0.4 is 5.32 Å². The minimum absolute atomic E-state index is 0. The molecule has 2 aliphatic rings. The van der Waals surface area contributed by atoms with Crippen molar-refractivity contribution in [1.82, 2.24) is 20.1 Å². The average molecular weight is 524 g/mol. The first-order valence-corrected chi connectivity index (χ1v) is 11.5. The summed E-state index contributed by atoms with van der Waals surface area (Å²) in [6, 6.07) is 0. The number of guanidine groups is 1. The standard InChI is InChI=1S/C19H33N5S2.HI/c1-15-22-17(13-25-15)12-23-7-5-16(6-8-23)11-21-18(20-4)24-9-10-26-19(2,3)14-24;/h13,16H,5-12,14H2,1-4H3,(H,20,21);1H. The van der Waals surface area contributed by atoms with Gasteiger partial charge in [0.2, 0.25) is 0 Å². The number of hydrogen-bond acceptors (Lipinski definition) is 5. The molecule has 0 atom stereocenters. The Kier molecular flexibility index (Phi) is 9.15. The molecule has 0 aromatic carbocycles.